The highest BCUT2D eigenvalue weighted by molar-refractivity contribution is 6.06. The molecule has 0 saturated carbocycles. The van der Waals surface area contributed by atoms with Gasteiger partial charge in [-0.05, 0) is 56.5 Å². The maximum atomic E-state index is 12.8. The van der Waals surface area contributed by atoms with Crippen LogP contribution in [0.3, 0.4) is 0 Å². The second-order valence-corrected chi connectivity index (χ2v) is 6.61. The normalized spacial score (nSPS) is 13.5. The summed E-state index contributed by atoms with van der Waals surface area (Å²) in [6, 6.07) is 13.3. The summed E-state index contributed by atoms with van der Waals surface area (Å²) < 4.78 is 11.4. The van der Waals surface area contributed by atoms with Gasteiger partial charge in [-0.2, -0.15) is 0 Å². The van der Waals surface area contributed by atoms with E-state index in [0.29, 0.717) is 30.3 Å². The van der Waals surface area contributed by atoms with Crippen molar-refractivity contribution < 1.29 is 14.3 Å². The molecule has 1 N–H and O–H groups in total. The third-order valence-electron chi connectivity index (χ3n) is 4.57. The number of para-hydroxylation sites is 2. The Hall–Kier alpha value is -2.69. The first-order chi connectivity index (χ1) is 13.2. The number of carbonyl (C=O) groups is 1. The number of benzene rings is 2. The second-order valence-electron chi connectivity index (χ2n) is 6.61. The van der Waals surface area contributed by atoms with Gasteiger partial charge in [0.2, 0.25) is 0 Å². The van der Waals surface area contributed by atoms with E-state index in [1.54, 1.807) is 12.1 Å². The van der Waals surface area contributed by atoms with Crippen LogP contribution in [0.15, 0.2) is 42.5 Å². The van der Waals surface area contributed by atoms with Gasteiger partial charge in [0.15, 0.2) is 11.5 Å². The van der Waals surface area contributed by atoms with Crippen LogP contribution >= 0.6 is 0 Å². The summed E-state index contributed by atoms with van der Waals surface area (Å²) in [5, 5.41) is 3.06. The van der Waals surface area contributed by atoms with Crippen LogP contribution in [0.4, 0.5) is 11.4 Å². The Morgan fingerprint density at radius 2 is 1.81 bits per heavy atom. The van der Waals surface area contributed by atoms with E-state index in [1.807, 2.05) is 31.2 Å². The van der Waals surface area contributed by atoms with Crippen LogP contribution in [-0.4, -0.2) is 32.2 Å². The zero-order valence-corrected chi connectivity index (χ0v) is 16.2. The van der Waals surface area contributed by atoms with Crippen molar-refractivity contribution in [2.45, 2.75) is 33.1 Å². The SMILES string of the molecule is CCCOc1ccc(C(=O)Nc2ccccc2N2CCCC2)cc1OCC. The topological polar surface area (TPSA) is 50.8 Å². The molecule has 1 heterocycles. The average molecular weight is 368 g/mol. The van der Waals surface area contributed by atoms with E-state index >= 15 is 0 Å². The van der Waals surface area contributed by atoms with Crippen molar-refractivity contribution in [1.82, 2.24) is 0 Å². The molecule has 0 spiro atoms. The summed E-state index contributed by atoms with van der Waals surface area (Å²) in [5.74, 6) is 1.13. The third kappa shape index (κ3) is 4.73. The summed E-state index contributed by atoms with van der Waals surface area (Å²) in [4.78, 5) is 15.2. The number of nitrogens with one attached hydrogen (secondary N) is 1. The highest BCUT2D eigenvalue weighted by atomic mass is 16.5. The van der Waals surface area contributed by atoms with Gasteiger partial charge in [0.05, 0.1) is 24.6 Å². The monoisotopic (exact) mass is 368 g/mol. The zero-order valence-electron chi connectivity index (χ0n) is 16.2. The molecule has 0 atom stereocenters. The molecule has 2 aromatic rings. The minimum absolute atomic E-state index is 0.148. The average Bonchev–Trinajstić information content (AvgIpc) is 3.22. The number of nitrogens with zero attached hydrogens (tertiary/aromatic N) is 1. The molecule has 3 rings (SSSR count). The van der Waals surface area contributed by atoms with Gasteiger partial charge in [-0.1, -0.05) is 19.1 Å². The molecule has 2 aromatic carbocycles. The van der Waals surface area contributed by atoms with E-state index < -0.39 is 0 Å². The first-order valence-electron chi connectivity index (χ1n) is 9.78. The molecule has 27 heavy (non-hydrogen) atoms. The number of amides is 1. The lowest BCUT2D eigenvalue weighted by Crippen LogP contribution is -2.21. The molecule has 5 heteroatoms. The molecular formula is C22H28N2O3. The fourth-order valence-corrected chi connectivity index (χ4v) is 3.26. The van der Waals surface area contributed by atoms with Crippen molar-refractivity contribution in [3.63, 3.8) is 0 Å². The molecule has 1 amide bonds. The molecule has 0 unspecified atom stereocenters. The quantitative estimate of drug-likeness (QED) is 0.732. The van der Waals surface area contributed by atoms with Gasteiger partial charge in [-0.25, -0.2) is 0 Å². The van der Waals surface area contributed by atoms with Crippen LogP contribution in [0.25, 0.3) is 0 Å². The lowest BCUT2D eigenvalue weighted by Gasteiger charge is -2.21. The molecule has 144 valence electrons. The summed E-state index contributed by atoms with van der Waals surface area (Å²) in [5.41, 5.74) is 2.48. The lowest BCUT2D eigenvalue weighted by atomic mass is 10.1. The summed E-state index contributed by atoms with van der Waals surface area (Å²) in [6.45, 7) is 7.18. The summed E-state index contributed by atoms with van der Waals surface area (Å²) in [7, 11) is 0. The van der Waals surface area contributed by atoms with Gasteiger partial charge in [-0.3, -0.25) is 4.79 Å². The first-order valence-corrected chi connectivity index (χ1v) is 9.78. The largest absolute Gasteiger partial charge is 0.490 e. The smallest absolute Gasteiger partial charge is 0.255 e. The molecule has 0 bridgehead atoms. The Balaban J connectivity index is 1.79. The molecule has 5 nitrogen and oxygen atoms in total. The van der Waals surface area contributed by atoms with Crippen LogP contribution in [0.1, 0.15) is 43.5 Å². The van der Waals surface area contributed by atoms with Crippen LogP contribution in [0.5, 0.6) is 11.5 Å². The summed E-state index contributed by atoms with van der Waals surface area (Å²) in [6.07, 6.45) is 3.31. The second kappa shape index (κ2) is 9.31. The minimum Gasteiger partial charge on any atom is -0.490 e. The van der Waals surface area contributed by atoms with Gasteiger partial charge in [0.1, 0.15) is 0 Å². The van der Waals surface area contributed by atoms with Gasteiger partial charge in [0.25, 0.3) is 5.91 Å². The van der Waals surface area contributed by atoms with Crippen LogP contribution in [-0.2, 0) is 0 Å². The van der Waals surface area contributed by atoms with E-state index in [1.165, 1.54) is 12.8 Å². The van der Waals surface area contributed by atoms with Gasteiger partial charge in [-0.15, -0.1) is 0 Å². The Morgan fingerprint density at radius 1 is 1.04 bits per heavy atom. The van der Waals surface area contributed by atoms with Crippen molar-refractivity contribution in [2.75, 3.05) is 36.5 Å². The first kappa shape index (κ1) is 19.1. The van der Waals surface area contributed by atoms with Crippen LogP contribution in [0, 0.1) is 0 Å². The molecular weight excluding hydrogens is 340 g/mol. The third-order valence-corrected chi connectivity index (χ3v) is 4.57. The molecule has 0 radical (unpaired) electrons. The van der Waals surface area contributed by atoms with Crippen molar-refractivity contribution in [3.8, 4) is 11.5 Å². The maximum absolute atomic E-state index is 12.8. The Kier molecular flexibility index (Phi) is 6.58. The number of ether oxygens (including phenoxy) is 2. The summed E-state index contributed by atoms with van der Waals surface area (Å²) >= 11 is 0. The number of hydrogen-bond acceptors (Lipinski definition) is 4. The fraction of sp³-hybridized carbons (Fsp3) is 0.409. The van der Waals surface area contributed by atoms with Crippen molar-refractivity contribution in [2.24, 2.45) is 0 Å². The lowest BCUT2D eigenvalue weighted by molar-refractivity contribution is 0.102. The molecule has 1 fully saturated rings. The molecule has 1 aliphatic heterocycles. The van der Waals surface area contributed by atoms with Gasteiger partial charge >= 0.3 is 0 Å². The van der Waals surface area contributed by atoms with Gasteiger partial charge < -0.3 is 19.7 Å². The fourth-order valence-electron chi connectivity index (χ4n) is 3.26. The highest BCUT2D eigenvalue weighted by Crippen LogP contribution is 2.31. The predicted octanol–water partition coefficient (Wildman–Crippen LogP) is 4.73. The predicted molar refractivity (Wildman–Crippen MR) is 109 cm³/mol. The zero-order chi connectivity index (χ0) is 19.1. The van der Waals surface area contributed by atoms with E-state index in [4.69, 9.17) is 9.47 Å². The van der Waals surface area contributed by atoms with E-state index in [9.17, 15) is 4.79 Å². The maximum Gasteiger partial charge on any atom is 0.255 e. The van der Waals surface area contributed by atoms with Crippen LogP contribution < -0.4 is 19.7 Å². The number of carbonyl (C=O) groups excluding carboxylic acids is 1. The van der Waals surface area contributed by atoms with E-state index in [2.05, 4.69) is 23.2 Å². The number of anilines is 2. The van der Waals surface area contributed by atoms with Crippen LogP contribution in [0.2, 0.25) is 0 Å². The Morgan fingerprint density at radius 3 is 2.56 bits per heavy atom. The van der Waals surface area contributed by atoms with Crippen molar-refractivity contribution >= 4 is 17.3 Å². The molecule has 1 saturated heterocycles. The Bertz CT molecular complexity index is 770. The number of rotatable bonds is 8. The minimum atomic E-state index is -0.148. The van der Waals surface area contributed by atoms with E-state index in [0.717, 1.165) is 30.9 Å². The standard InChI is InChI=1S/C22H28N2O3/c1-3-15-27-20-12-11-17(16-21(20)26-4-2)22(25)23-18-9-5-6-10-19(18)24-13-7-8-14-24/h5-6,9-12,16H,3-4,7-8,13-15H2,1-2H3,(H,23,25). The van der Waals surface area contributed by atoms with Crippen molar-refractivity contribution in [3.05, 3.63) is 48.0 Å². The van der Waals surface area contributed by atoms with Gasteiger partial charge in [0, 0.05) is 18.7 Å². The molecule has 0 aromatic heterocycles. The molecule has 0 aliphatic carbocycles. The Labute approximate surface area is 161 Å². The van der Waals surface area contributed by atoms with E-state index in [-0.39, 0.29) is 5.91 Å². The molecule has 1 aliphatic rings. The number of hydrogen-bond donors (Lipinski definition) is 1. The van der Waals surface area contributed by atoms with Crippen molar-refractivity contribution in [1.29, 1.82) is 0 Å². The highest BCUT2D eigenvalue weighted by Gasteiger charge is 2.18.